The maximum absolute atomic E-state index is 12.7. The number of carboxylic acid groups (broad SMARTS) is 1. The van der Waals surface area contributed by atoms with Crippen LogP contribution in [0, 0.1) is 0 Å². The Kier molecular flexibility index (Phi) is 4.78. The molecular formula is C17H12BrClN2O4. The van der Waals surface area contributed by atoms with Crippen molar-refractivity contribution in [3.63, 3.8) is 0 Å². The van der Waals surface area contributed by atoms with E-state index in [0.717, 1.165) is 9.13 Å². The fourth-order valence-corrected chi connectivity index (χ4v) is 3.07. The third-order valence-corrected chi connectivity index (χ3v) is 4.98. The van der Waals surface area contributed by atoms with Crippen molar-refractivity contribution in [1.82, 2.24) is 9.13 Å². The van der Waals surface area contributed by atoms with Gasteiger partial charge in [0.05, 0.1) is 22.5 Å². The summed E-state index contributed by atoms with van der Waals surface area (Å²) in [6.07, 6.45) is 0. The molecule has 0 atom stereocenters. The first-order chi connectivity index (χ1) is 11.9. The highest BCUT2D eigenvalue weighted by Gasteiger charge is 2.15. The quantitative estimate of drug-likeness (QED) is 0.699. The van der Waals surface area contributed by atoms with Crippen molar-refractivity contribution < 1.29 is 9.90 Å². The van der Waals surface area contributed by atoms with Gasteiger partial charge in [0, 0.05) is 4.47 Å². The van der Waals surface area contributed by atoms with Crippen LogP contribution in [0.25, 0.3) is 10.9 Å². The number of carbonyl (C=O) groups is 1. The van der Waals surface area contributed by atoms with Gasteiger partial charge in [-0.3, -0.25) is 18.7 Å². The van der Waals surface area contributed by atoms with Crippen LogP contribution in [0.15, 0.2) is 56.5 Å². The van der Waals surface area contributed by atoms with E-state index in [1.165, 1.54) is 0 Å². The van der Waals surface area contributed by atoms with Gasteiger partial charge in [-0.1, -0.05) is 29.8 Å². The Balaban J connectivity index is 2.24. The van der Waals surface area contributed by atoms with Gasteiger partial charge < -0.3 is 5.11 Å². The molecule has 0 aliphatic heterocycles. The van der Waals surface area contributed by atoms with Crippen LogP contribution in [0.1, 0.15) is 5.56 Å². The van der Waals surface area contributed by atoms with E-state index in [9.17, 15) is 14.4 Å². The van der Waals surface area contributed by atoms with Gasteiger partial charge in [0.2, 0.25) is 0 Å². The number of aliphatic carboxylic acids is 1. The lowest BCUT2D eigenvalue weighted by Gasteiger charge is -2.13. The zero-order valence-electron chi connectivity index (χ0n) is 12.8. The van der Waals surface area contributed by atoms with Crippen molar-refractivity contribution in [2.24, 2.45) is 0 Å². The number of aromatic nitrogens is 2. The Morgan fingerprint density at radius 3 is 2.52 bits per heavy atom. The molecule has 8 heteroatoms. The van der Waals surface area contributed by atoms with E-state index >= 15 is 0 Å². The number of hydrogen-bond donors (Lipinski definition) is 1. The maximum Gasteiger partial charge on any atom is 0.332 e. The molecule has 0 spiro atoms. The van der Waals surface area contributed by atoms with E-state index in [4.69, 9.17) is 16.7 Å². The van der Waals surface area contributed by atoms with Gasteiger partial charge in [0.15, 0.2) is 0 Å². The van der Waals surface area contributed by atoms with Crippen molar-refractivity contribution in [2.75, 3.05) is 0 Å². The number of halogens is 2. The van der Waals surface area contributed by atoms with Gasteiger partial charge >= 0.3 is 11.7 Å². The molecule has 0 radical (unpaired) electrons. The lowest BCUT2D eigenvalue weighted by Crippen LogP contribution is -2.41. The molecule has 0 saturated heterocycles. The molecular weight excluding hydrogens is 412 g/mol. The second-order valence-electron chi connectivity index (χ2n) is 5.42. The van der Waals surface area contributed by atoms with Gasteiger partial charge in [0.25, 0.3) is 5.56 Å². The van der Waals surface area contributed by atoms with Crippen molar-refractivity contribution in [3.8, 4) is 0 Å². The molecule has 1 N–H and O–H groups in total. The summed E-state index contributed by atoms with van der Waals surface area (Å²) in [6.45, 7) is -0.532. The van der Waals surface area contributed by atoms with Crippen molar-refractivity contribution in [2.45, 2.75) is 13.1 Å². The highest BCUT2D eigenvalue weighted by molar-refractivity contribution is 9.10. The monoisotopic (exact) mass is 422 g/mol. The van der Waals surface area contributed by atoms with Crippen molar-refractivity contribution in [1.29, 1.82) is 0 Å². The standard InChI is InChI=1S/C17H12BrClN2O4/c18-12-6-5-10(7-13(12)19)8-21-16(24)11-3-1-2-4-14(11)20(17(21)25)9-15(22)23/h1-7H,8-9H2,(H,22,23). The van der Waals surface area contributed by atoms with Gasteiger partial charge in [0.1, 0.15) is 6.54 Å². The first-order valence-corrected chi connectivity index (χ1v) is 8.43. The van der Waals surface area contributed by atoms with Crippen LogP contribution < -0.4 is 11.2 Å². The molecule has 3 aromatic rings. The summed E-state index contributed by atoms with van der Waals surface area (Å²) >= 11 is 9.34. The summed E-state index contributed by atoms with van der Waals surface area (Å²) in [6, 6.07) is 11.5. The number of para-hydroxylation sites is 1. The van der Waals surface area contributed by atoms with E-state index < -0.39 is 23.8 Å². The summed E-state index contributed by atoms with van der Waals surface area (Å²) < 4.78 is 2.80. The molecule has 2 aromatic carbocycles. The summed E-state index contributed by atoms with van der Waals surface area (Å²) in [5.41, 5.74) is -0.194. The Hall–Kier alpha value is -2.38. The summed E-state index contributed by atoms with van der Waals surface area (Å²) in [5, 5.41) is 9.84. The normalized spacial score (nSPS) is 11.0. The van der Waals surface area contributed by atoms with Gasteiger partial charge in [-0.25, -0.2) is 4.79 Å². The molecule has 0 fully saturated rings. The molecule has 0 amide bonds. The second-order valence-corrected chi connectivity index (χ2v) is 6.68. The molecule has 0 unspecified atom stereocenters. The molecule has 6 nitrogen and oxygen atoms in total. The number of hydrogen-bond acceptors (Lipinski definition) is 3. The third-order valence-electron chi connectivity index (χ3n) is 3.75. The van der Waals surface area contributed by atoms with Gasteiger partial charge in [-0.15, -0.1) is 0 Å². The molecule has 0 aliphatic carbocycles. The minimum atomic E-state index is -1.16. The zero-order chi connectivity index (χ0) is 18.1. The molecule has 0 bridgehead atoms. The fraction of sp³-hybridized carbons (Fsp3) is 0.118. The molecule has 0 aliphatic rings. The molecule has 128 valence electrons. The summed E-state index contributed by atoms with van der Waals surface area (Å²) in [7, 11) is 0. The van der Waals surface area contributed by atoms with Crippen LogP contribution >= 0.6 is 27.5 Å². The Bertz CT molecular complexity index is 1100. The van der Waals surface area contributed by atoms with E-state index in [-0.39, 0.29) is 11.9 Å². The van der Waals surface area contributed by atoms with E-state index in [2.05, 4.69) is 15.9 Å². The topological polar surface area (TPSA) is 81.3 Å². The average molecular weight is 424 g/mol. The Labute approximate surface area is 155 Å². The lowest BCUT2D eigenvalue weighted by atomic mass is 10.2. The van der Waals surface area contributed by atoms with Crippen LogP contribution in [0.2, 0.25) is 5.02 Å². The van der Waals surface area contributed by atoms with E-state index in [0.29, 0.717) is 20.6 Å². The fourth-order valence-electron chi connectivity index (χ4n) is 2.62. The average Bonchev–Trinajstić information content (AvgIpc) is 2.58. The van der Waals surface area contributed by atoms with E-state index in [1.54, 1.807) is 42.5 Å². The number of rotatable bonds is 4. The van der Waals surface area contributed by atoms with Crippen LogP contribution in [-0.4, -0.2) is 20.2 Å². The second kappa shape index (κ2) is 6.85. The predicted octanol–water partition coefficient (Wildman–Crippen LogP) is 2.71. The van der Waals surface area contributed by atoms with Crippen LogP contribution in [0.4, 0.5) is 0 Å². The Morgan fingerprint density at radius 2 is 1.84 bits per heavy atom. The number of nitrogens with zero attached hydrogens (tertiary/aromatic N) is 2. The molecule has 0 saturated carbocycles. The molecule has 3 rings (SSSR count). The first kappa shape index (κ1) is 17.4. The zero-order valence-corrected chi connectivity index (χ0v) is 15.1. The van der Waals surface area contributed by atoms with Crippen molar-refractivity contribution in [3.05, 3.63) is 78.4 Å². The summed E-state index contributed by atoms with van der Waals surface area (Å²) in [5.74, 6) is -1.16. The molecule has 1 aromatic heterocycles. The number of benzene rings is 2. The summed E-state index contributed by atoms with van der Waals surface area (Å²) in [4.78, 5) is 36.6. The SMILES string of the molecule is O=C(O)Cn1c(=O)n(Cc2ccc(Br)c(Cl)c2)c(=O)c2ccccc21. The highest BCUT2D eigenvalue weighted by atomic mass is 79.9. The predicted molar refractivity (Wildman–Crippen MR) is 98.4 cm³/mol. The van der Waals surface area contributed by atoms with Crippen LogP contribution in [0.5, 0.6) is 0 Å². The van der Waals surface area contributed by atoms with Gasteiger partial charge in [-0.2, -0.15) is 0 Å². The highest BCUT2D eigenvalue weighted by Crippen LogP contribution is 2.23. The number of fused-ring (bicyclic) bond motifs is 1. The van der Waals surface area contributed by atoms with E-state index in [1.807, 2.05) is 0 Å². The maximum atomic E-state index is 12.7. The minimum Gasteiger partial charge on any atom is -0.480 e. The van der Waals surface area contributed by atoms with Crippen LogP contribution in [0.3, 0.4) is 0 Å². The minimum absolute atomic E-state index is 0.00484. The third kappa shape index (κ3) is 3.38. The van der Waals surface area contributed by atoms with Gasteiger partial charge in [-0.05, 0) is 45.8 Å². The first-order valence-electron chi connectivity index (χ1n) is 7.26. The Morgan fingerprint density at radius 1 is 1.12 bits per heavy atom. The largest absolute Gasteiger partial charge is 0.480 e. The van der Waals surface area contributed by atoms with Crippen molar-refractivity contribution >= 4 is 44.4 Å². The molecule has 25 heavy (non-hydrogen) atoms. The lowest BCUT2D eigenvalue weighted by molar-refractivity contribution is -0.137. The molecule has 1 heterocycles. The number of carboxylic acids is 1. The van der Waals surface area contributed by atoms with Crippen LogP contribution in [-0.2, 0) is 17.9 Å². The smallest absolute Gasteiger partial charge is 0.332 e.